The molecule has 0 aliphatic carbocycles. The molecule has 0 saturated carbocycles. The number of hydrogen-bond donors (Lipinski definition) is 1. The highest BCUT2D eigenvalue weighted by atomic mass is 16.3. The van der Waals surface area contributed by atoms with E-state index in [1.165, 1.54) is 5.56 Å². The Kier molecular flexibility index (Phi) is 3.75. The fourth-order valence-electron chi connectivity index (χ4n) is 3.54. The van der Waals surface area contributed by atoms with E-state index in [0.717, 1.165) is 22.9 Å². The van der Waals surface area contributed by atoms with Gasteiger partial charge in [0.05, 0.1) is 18.2 Å². The molecule has 0 radical (unpaired) electrons. The summed E-state index contributed by atoms with van der Waals surface area (Å²) in [5, 5.41) is 10.8. The van der Waals surface area contributed by atoms with Crippen molar-refractivity contribution in [3.05, 3.63) is 77.5 Å². The van der Waals surface area contributed by atoms with Crippen molar-refractivity contribution < 1.29 is 9.90 Å². The summed E-state index contributed by atoms with van der Waals surface area (Å²) in [7, 11) is 0. The normalized spacial score (nSPS) is 16.9. The molecule has 1 aromatic heterocycles. The van der Waals surface area contributed by atoms with Crippen LogP contribution in [-0.4, -0.2) is 34.0 Å². The Labute approximate surface area is 140 Å². The Hall–Kier alpha value is -2.72. The Bertz CT molecular complexity index is 902. The van der Waals surface area contributed by atoms with E-state index in [2.05, 4.69) is 11.1 Å². The van der Waals surface area contributed by atoms with Crippen LogP contribution in [0.4, 0.5) is 0 Å². The first kappa shape index (κ1) is 14.8. The third kappa shape index (κ3) is 2.36. The van der Waals surface area contributed by atoms with Crippen molar-refractivity contribution >= 4 is 16.8 Å². The van der Waals surface area contributed by atoms with Crippen LogP contribution in [0.1, 0.15) is 27.5 Å². The number of carbonyl (C=O) groups is 1. The molecule has 1 atom stereocenters. The number of carbonyl (C=O) groups excluding carboxylic acids is 1. The molecule has 1 aliphatic rings. The molecule has 0 unspecified atom stereocenters. The zero-order valence-corrected chi connectivity index (χ0v) is 13.2. The second kappa shape index (κ2) is 6.06. The Morgan fingerprint density at radius 3 is 2.88 bits per heavy atom. The predicted molar refractivity (Wildman–Crippen MR) is 92.8 cm³/mol. The lowest BCUT2D eigenvalue weighted by molar-refractivity contribution is 0.0570. The predicted octanol–water partition coefficient (Wildman–Crippen LogP) is 2.97. The molecule has 4 heteroatoms. The number of benzene rings is 2. The average molecular weight is 318 g/mol. The number of rotatable bonds is 2. The number of amides is 1. The summed E-state index contributed by atoms with van der Waals surface area (Å²) in [5.41, 5.74) is 3.69. The SMILES string of the molecule is O=C(c1cccc2ncccc12)N1CCc2ccccc2[C@H]1CO. The zero-order valence-electron chi connectivity index (χ0n) is 13.2. The highest BCUT2D eigenvalue weighted by Gasteiger charge is 2.31. The van der Waals surface area contributed by atoms with Crippen molar-refractivity contribution in [1.29, 1.82) is 0 Å². The number of fused-ring (bicyclic) bond motifs is 2. The van der Waals surface area contributed by atoms with E-state index in [1.807, 2.05) is 48.5 Å². The van der Waals surface area contributed by atoms with Crippen molar-refractivity contribution in [1.82, 2.24) is 9.88 Å². The van der Waals surface area contributed by atoms with E-state index < -0.39 is 0 Å². The standard InChI is InChI=1S/C20H18N2O2/c23-13-19-15-6-2-1-5-14(15)10-12-22(19)20(24)17-7-3-9-18-16(17)8-4-11-21-18/h1-9,11,19,23H,10,12-13H2/t19-/m1/s1. The van der Waals surface area contributed by atoms with E-state index in [0.29, 0.717) is 12.1 Å². The molecule has 3 aromatic rings. The lowest BCUT2D eigenvalue weighted by Gasteiger charge is -2.36. The van der Waals surface area contributed by atoms with E-state index >= 15 is 0 Å². The molecular weight excluding hydrogens is 300 g/mol. The third-order valence-corrected chi connectivity index (χ3v) is 4.72. The van der Waals surface area contributed by atoms with Gasteiger partial charge in [-0.3, -0.25) is 9.78 Å². The number of nitrogens with zero attached hydrogens (tertiary/aromatic N) is 2. The van der Waals surface area contributed by atoms with E-state index in [1.54, 1.807) is 11.1 Å². The van der Waals surface area contributed by atoms with Crippen LogP contribution in [0.5, 0.6) is 0 Å². The molecule has 120 valence electrons. The second-order valence-corrected chi connectivity index (χ2v) is 6.02. The summed E-state index contributed by atoms with van der Waals surface area (Å²) < 4.78 is 0. The van der Waals surface area contributed by atoms with E-state index in [-0.39, 0.29) is 18.6 Å². The van der Waals surface area contributed by atoms with Crippen LogP contribution in [-0.2, 0) is 6.42 Å². The number of aliphatic hydroxyl groups is 1. The van der Waals surface area contributed by atoms with Crippen LogP contribution in [0.3, 0.4) is 0 Å². The largest absolute Gasteiger partial charge is 0.394 e. The molecule has 0 fully saturated rings. The van der Waals surface area contributed by atoms with Gasteiger partial charge in [0, 0.05) is 23.7 Å². The third-order valence-electron chi connectivity index (χ3n) is 4.72. The summed E-state index contributed by atoms with van der Waals surface area (Å²) in [5.74, 6) is -0.0536. The fraction of sp³-hybridized carbons (Fsp3) is 0.200. The molecule has 0 bridgehead atoms. The number of pyridine rings is 1. The molecule has 2 aromatic carbocycles. The van der Waals surface area contributed by atoms with Gasteiger partial charge in [0.15, 0.2) is 0 Å². The monoisotopic (exact) mass is 318 g/mol. The molecular formula is C20H18N2O2. The maximum absolute atomic E-state index is 13.2. The lowest BCUT2D eigenvalue weighted by atomic mass is 9.92. The van der Waals surface area contributed by atoms with Crippen LogP contribution in [0.15, 0.2) is 60.8 Å². The first-order valence-corrected chi connectivity index (χ1v) is 8.13. The minimum atomic E-state index is -0.297. The number of aliphatic hydroxyl groups excluding tert-OH is 1. The minimum absolute atomic E-state index is 0.0536. The van der Waals surface area contributed by atoms with E-state index in [9.17, 15) is 9.90 Å². The van der Waals surface area contributed by atoms with Gasteiger partial charge in [-0.25, -0.2) is 0 Å². The molecule has 4 nitrogen and oxygen atoms in total. The summed E-state index contributed by atoms with van der Waals surface area (Å²) in [6, 6.07) is 17.1. The molecule has 4 rings (SSSR count). The van der Waals surface area contributed by atoms with Crippen LogP contribution in [0.2, 0.25) is 0 Å². The highest BCUT2D eigenvalue weighted by molar-refractivity contribution is 6.06. The summed E-state index contributed by atoms with van der Waals surface area (Å²) in [6.07, 6.45) is 2.53. The Morgan fingerprint density at radius 2 is 2.00 bits per heavy atom. The highest BCUT2D eigenvalue weighted by Crippen LogP contribution is 2.31. The Balaban J connectivity index is 1.77. The van der Waals surface area contributed by atoms with Crippen LogP contribution in [0, 0.1) is 0 Å². The van der Waals surface area contributed by atoms with Crippen molar-refractivity contribution in [2.45, 2.75) is 12.5 Å². The van der Waals surface area contributed by atoms with Gasteiger partial charge in [-0.15, -0.1) is 0 Å². The van der Waals surface area contributed by atoms with Gasteiger partial charge in [0.2, 0.25) is 0 Å². The van der Waals surface area contributed by atoms with Gasteiger partial charge in [0.1, 0.15) is 0 Å². The van der Waals surface area contributed by atoms with Crippen molar-refractivity contribution in [3.8, 4) is 0 Å². The average Bonchev–Trinajstić information content (AvgIpc) is 2.66. The molecule has 2 heterocycles. The second-order valence-electron chi connectivity index (χ2n) is 6.02. The fourth-order valence-corrected chi connectivity index (χ4v) is 3.54. The first-order chi connectivity index (χ1) is 11.8. The van der Waals surface area contributed by atoms with Gasteiger partial charge >= 0.3 is 0 Å². The van der Waals surface area contributed by atoms with Gasteiger partial charge in [0.25, 0.3) is 5.91 Å². The Morgan fingerprint density at radius 1 is 1.12 bits per heavy atom. The minimum Gasteiger partial charge on any atom is -0.394 e. The van der Waals surface area contributed by atoms with Gasteiger partial charge in [-0.1, -0.05) is 36.4 Å². The molecule has 24 heavy (non-hydrogen) atoms. The van der Waals surface area contributed by atoms with Crippen molar-refractivity contribution in [3.63, 3.8) is 0 Å². The maximum atomic E-state index is 13.2. The summed E-state index contributed by atoms with van der Waals surface area (Å²) >= 11 is 0. The molecule has 1 amide bonds. The maximum Gasteiger partial charge on any atom is 0.255 e. The van der Waals surface area contributed by atoms with E-state index in [4.69, 9.17) is 0 Å². The van der Waals surface area contributed by atoms with Crippen LogP contribution < -0.4 is 0 Å². The topological polar surface area (TPSA) is 53.4 Å². The van der Waals surface area contributed by atoms with Crippen LogP contribution in [0.25, 0.3) is 10.9 Å². The molecule has 0 spiro atoms. The number of hydrogen-bond acceptors (Lipinski definition) is 3. The van der Waals surface area contributed by atoms with Gasteiger partial charge in [-0.05, 0) is 35.7 Å². The molecule has 0 saturated heterocycles. The summed E-state index contributed by atoms with van der Waals surface area (Å²) in [4.78, 5) is 19.3. The van der Waals surface area contributed by atoms with Crippen molar-refractivity contribution in [2.75, 3.05) is 13.2 Å². The zero-order chi connectivity index (χ0) is 16.5. The lowest BCUT2D eigenvalue weighted by Crippen LogP contribution is -2.41. The van der Waals surface area contributed by atoms with Crippen molar-refractivity contribution in [2.24, 2.45) is 0 Å². The summed E-state index contributed by atoms with van der Waals surface area (Å²) in [6.45, 7) is 0.531. The van der Waals surface area contributed by atoms with Gasteiger partial charge < -0.3 is 10.0 Å². The molecule has 1 aliphatic heterocycles. The molecule has 1 N–H and O–H groups in total. The quantitative estimate of drug-likeness (QED) is 0.790. The first-order valence-electron chi connectivity index (χ1n) is 8.13. The van der Waals surface area contributed by atoms with Crippen LogP contribution >= 0.6 is 0 Å². The number of aromatic nitrogens is 1. The van der Waals surface area contributed by atoms with Gasteiger partial charge in [-0.2, -0.15) is 0 Å². The smallest absolute Gasteiger partial charge is 0.255 e.